The second-order valence-corrected chi connectivity index (χ2v) is 11.0. The van der Waals surface area contributed by atoms with Crippen molar-refractivity contribution in [2.24, 2.45) is 0 Å². The highest BCUT2D eigenvalue weighted by atomic mass is 33.1. The first kappa shape index (κ1) is 32.3. The first-order valence-corrected chi connectivity index (χ1v) is 13.6. The Hall–Kier alpha value is -1.90. The van der Waals surface area contributed by atoms with Crippen molar-refractivity contribution in [2.75, 3.05) is 50.2 Å². The summed E-state index contributed by atoms with van der Waals surface area (Å²) in [5.41, 5.74) is 1.45. The van der Waals surface area contributed by atoms with Crippen LogP contribution in [0.1, 0.15) is 0 Å². The second-order valence-electron chi connectivity index (χ2n) is 8.08. The standard InChI is InChI=1S/C24H28F8N2O2S2/c25-21(26)23(29,30)15-35-13-19(11-33-17-7-3-1-4-8-17)37-38-20(12-34-18-9-5-2-6-10-18)14-36-16-24(31,32)22(27)28/h1-10,19-22,33-34H,11-16H2. The summed E-state index contributed by atoms with van der Waals surface area (Å²) >= 11 is 0. The summed E-state index contributed by atoms with van der Waals surface area (Å²) in [6.45, 7) is -3.17. The maximum Gasteiger partial charge on any atom is 0.330 e. The van der Waals surface area contributed by atoms with Gasteiger partial charge in [-0.2, -0.15) is 17.6 Å². The van der Waals surface area contributed by atoms with Gasteiger partial charge in [-0.15, -0.1) is 0 Å². The summed E-state index contributed by atoms with van der Waals surface area (Å²) in [6.07, 6.45) is -7.75. The molecular formula is C24H28F8N2O2S2. The van der Waals surface area contributed by atoms with Crippen molar-refractivity contribution in [1.29, 1.82) is 0 Å². The molecule has 0 aliphatic rings. The topological polar surface area (TPSA) is 42.5 Å². The predicted octanol–water partition coefficient (Wildman–Crippen LogP) is 7.16. The van der Waals surface area contributed by atoms with E-state index in [0.717, 1.165) is 33.0 Å². The normalized spacial score (nSPS) is 14.1. The van der Waals surface area contributed by atoms with E-state index in [0.29, 0.717) is 0 Å². The van der Waals surface area contributed by atoms with Crippen molar-refractivity contribution in [3.8, 4) is 0 Å². The summed E-state index contributed by atoms with van der Waals surface area (Å²) in [4.78, 5) is 0. The molecule has 38 heavy (non-hydrogen) atoms. The summed E-state index contributed by atoms with van der Waals surface area (Å²) in [7, 11) is 2.30. The Balaban J connectivity index is 2.00. The largest absolute Gasteiger partial charge is 0.384 e. The maximum absolute atomic E-state index is 13.3. The fraction of sp³-hybridized carbons (Fsp3) is 0.500. The number of nitrogens with one attached hydrogen (secondary N) is 2. The van der Waals surface area contributed by atoms with Gasteiger partial charge in [0.25, 0.3) is 0 Å². The molecule has 2 aromatic rings. The number of hydrogen-bond donors (Lipinski definition) is 2. The second kappa shape index (κ2) is 16.3. The van der Waals surface area contributed by atoms with E-state index >= 15 is 0 Å². The molecule has 0 aliphatic carbocycles. The van der Waals surface area contributed by atoms with Crippen LogP contribution >= 0.6 is 21.6 Å². The zero-order valence-electron chi connectivity index (χ0n) is 20.0. The first-order chi connectivity index (χ1) is 18.0. The average molecular weight is 593 g/mol. The zero-order valence-corrected chi connectivity index (χ0v) is 21.6. The van der Waals surface area contributed by atoms with Gasteiger partial charge in [-0.1, -0.05) is 58.0 Å². The Kier molecular flexibility index (Phi) is 13.8. The number of para-hydroxylation sites is 2. The molecular weight excluding hydrogens is 564 g/mol. The smallest absolute Gasteiger partial charge is 0.330 e. The molecule has 14 heteroatoms. The van der Waals surface area contributed by atoms with Crippen LogP contribution in [0.15, 0.2) is 60.7 Å². The Morgan fingerprint density at radius 1 is 0.605 bits per heavy atom. The van der Waals surface area contributed by atoms with Crippen LogP contribution in [-0.2, 0) is 9.47 Å². The Morgan fingerprint density at radius 3 is 1.26 bits per heavy atom. The molecule has 0 amide bonds. The number of anilines is 2. The van der Waals surface area contributed by atoms with Crippen LogP contribution in [0.4, 0.5) is 46.5 Å². The first-order valence-electron chi connectivity index (χ1n) is 11.4. The van der Waals surface area contributed by atoms with Gasteiger partial charge in [0.15, 0.2) is 0 Å². The summed E-state index contributed by atoms with van der Waals surface area (Å²) in [5, 5.41) is 5.12. The Labute approximate surface area is 223 Å². The molecule has 2 atom stereocenters. The van der Waals surface area contributed by atoms with E-state index in [9.17, 15) is 35.1 Å². The fourth-order valence-electron chi connectivity index (χ4n) is 2.75. The van der Waals surface area contributed by atoms with Crippen LogP contribution in [0.2, 0.25) is 0 Å². The van der Waals surface area contributed by atoms with Crippen molar-refractivity contribution in [1.82, 2.24) is 0 Å². The minimum Gasteiger partial charge on any atom is -0.384 e. The number of rotatable bonds is 19. The molecule has 2 unspecified atom stereocenters. The Bertz CT molecular complexity index is 828. The lowest BCUT2D eigenvalue weighted by molar-refractivity contribution is -0.165. The number of ether oxygens (including phenoxy) is 2. The van der Waals surface area contributed by atoms with Crippen molar-refractivity contribution in [3.05, 3.63) is 60.7 Å². The van der Waals surface area contributed by atoms with Gasteiger partial charge in [0.2, 0.25) is 0 Å². The maximum atomic E-state index is 13.3. The van der Waals surface area contributed by atoms with Crippen LogP contribution < -0.4 is 10.6 Å². The third-order valence-corrected chi connectivity index (χ3v) is 8.01. The van der Waals surface area contributed by atoms with Crippen molar-refractivity contribution >= 4 is 33.0 Å². The lowest BCUT2D eigenvalue weighted by atomic mass is 10.3. The van der Waals surface area contributed by atoms with Crippen molar-refractivity contribution in [2.45, 2.75) is 35.2 Å². The van der Waals surface area contributed by atoms with E-state index < -0.39 is 48.4 Å². The van der Waals surface area contributed by atoms with E-state index in [1.165, 1.54) is 0 Å². The van der Waals surface area contributed by atoms with Gasteiger partial charge < -0.3 is 20.1 Å². The SMILES string of the molecule is FC(F)C(F)(F)COCC(CNc1ccccc1)SSC(CNc1ccccc1)COCC(F)(F)C(F)F. The highest BCUT2D eigenvalue weighted by molar-refractivity contribution is 8.77. The van der Waals surface area contributed by atoms with E-state index in [-0.39, 0.29) is 26.3 Å². The number of benzene rings is 2. The number of alkyl halides is 8. The molecule has 0 radical (unpaired) electrons. The number of halogens is 8. The van der Waals surface area contributed by atoms with E-state index in [4.69, 9.17) is 9.47 Å². The van der Waals surface area contributed by atoms with Gasteiger partial charge in [0.1, 0.15) is 13.2 Å². The van der Waals surface area contributed by atoms with Crippen LogP contribution in [0, 0.1) is 0 Å². The molecule has 2 rings (SSSR count). The van der Waals surface area contributed by atoms with Gasteiger partial charge in [-0.05, 0) is 24.3 Å². The molecule has 0 spiro atoms. The molecule has 0 aliphatic heterocycles. The third kappa shape index (κ3) is 12.3. The molecule has 0 aromatic heterocycles. The fourth-order valence-corrected chi connectivity index (χ4v) is 5.36. The predicted molar refractivity (Wildman–Crippen MR) is 136 cm³/mol. The van der Waals surface area contributed by atoms with E-state index in [1.54, 1.807) is 60.7 Å². The van der Waals surface area contributed by atoms with Gasteiger partial charge >= 0.3 is 24.7 Å². The van der Waals surface area contributed by atoms with Crippen LogP contribution in [0.3, 0.4) is 0 Å². The molecule has 0 heterocycles. The molecule has 214 valence electrons. The summed E-state index contributed by atoms with van der Waals surface area (Å²) < 4.78 is 113. The summed E-state index contributed by atoms with van der Waals surface area (Å²) in [6, 6.07) is 17.8. The summed E-state index contributed by atoms with van der Waals surface area (Å²) in [5.74, 6) is -8.61. The van der Waals surface area contributed by atoms with Gasteiger partial charge in [-0.3, -0.25) is 0 Å². The highest BCUT2D eigenvalue weighted by Gasteiger charge is 2.42. The van der Waals surface area contributed by atoms with Crippen LogP contribution in [0.5, 0.6) is 0 Å². The molecule has 0 fully saturated rings. The van der Waals surface area contributed by atoms with Crippen molar-refractivity contribution < 1.29 is 44.6 Å². The zero-order chi connectivity index (χ0) is 28.0. The molecule has 0 bridgehead atoms. The molecule has 2 aromatic carbocycles. The molecule has 0 saturated heterocycles. The molecule has 4 nitrogen and oxygen atoms in total. The quantitative estimate of drug-likeness (QED) is 0.133. The lowest BCUT2D eigenvalue weighted by Gasteiger charge is -2.24. The van der Waals surface area contributed by atoms with Crippen molar-refractivity contribution in [3.63, 3.8) is 0 Å². The third-order valence-electron chi connectivity index (χ3n) is 4.78. The van der Waals surface area contributed by atoms with Gasteiger partial charge in [0.05, 0.1) is 23.7 Å². The minimum atomic E-state index is -4.30. The van der Waals surface area contributed by atoms with E-state index in [2.05, 4.69) is 10.6 Å². The lowest BCUT2D eigenvalue weighted by Crippen LogP contribution is -2.35. The Morgan fingerprint density at radius 2 is 0.947 bits per heavy atom. The average Bonchev–Trinajstić information content (AvgIpc) is 2.88. The monoisotopic (exact) mass is 592 g/mol. The van der Waals surface area contributed by atoms with Gasteiger partial charge in [-0.25, -0.2) is 17.6 Å². The number of hydrogen-bond acceptors (Lipinski definition) is 6. The highest BCUT2D eigenvalue weighted by Crippen LogP contribution is 2.33. The van der Waals surface area contributed by atoms with Crippen LogP contribution in [-0.4, -0.2) is 74.7 Å². The molecule has 0 saturated carbocycles. The van der Waals surface area contributed by atoms with Gasteiger partial charge in [0, 0.05) is 24.5 Å². The molecule has 2 N–H and O–H groups in total. The minimum absolute atomic E-state index is 0.199. The van der Waals surface area contributed by atoms with E-state index in [1.807, 2.05) is 0 Å². The van der Waals surface area contributed by atoms with Crippen LogP contribution in [0.25, 0.3) is 0 Å².